The zero-order chi connectivity index (χ0) is 16.6. The Hall–Kier alpha value is -0.400. The Morgan fingerprint density at radius 2 is 1.45 bits per heavy atom. The minimum absolute atomic E-state index is 0.620. The summed E-state index contributed by atoms with van der Waals surface area (Å²) in [4.78, 5) is 0. The first-order chi connectivity index (χ1) is 10.3. The number of hydrogen-bond acceptors (Lipinski definition) is 10. The number of hydrogen-bond donors (Lipinski definition) is 7. The lowest BCUT2D eigenvalue weighted by Gasteiger charge is -2.44. The van der Waals surface area contributed by atoms with Crippen LogP contribution in [0.1, 0.15) is 6.92 Å². The highest BCUT2D eigenvalue weighted by Gasteiger charge is 2.49. The Morgan fingerprint density at radius 1 is 0.818 bits per heavy atom. The average molecular weight is 326 g/mol. The highest BCUT2D eigenvalue weighted by molar-refractivity contribution is 4.92. The van der Waals surface area contributed by atoms with Gasteiger partial charge in [0.15, 0.2) is 12.6 Å². The van der Waals surface area contributed by atoms with Crippen molar-refractivity contribution >= 4 is 0 Å². The summed E-state index contributed by atoms with van der Waals surface area (Å²) in [7, 11) is 0. The molecule has 0 bridgehead atoms. The molecule has 2 heterocycles. The van der Waals surface area contributed by atoms with E-state index >= 15 is 0 Å². The molecule has 0 saturated carbocycles. The van der Waals surface area contributed by atoms with E-state index in [1.165, 1.54) is 6.92 Å². The molecule has 2 fully saturated rings. The molecule has 0 aromatic heterocycles. The molecule has 10 heteroatoms. The van der Waals surface area contributed by atoms with E-state index in [4.69, 9.17) is 19.3 Å². The second-order valence-corrected chi connectivity index (χ2v) is 5.51. The third kappa shape index (κ3) is 3.26. The van der Waals surface area contributed by atoms with Gasteiger partial charge in [0.25, 0.3) is 0 Å². The van der Waals surface area contributed by atoms with E-state index in [-0.39, 0.29) is 0 Å². The quantitative estimate of drug-likeness (QED) is 0.269. The van der Waals surface area contributed by atoms with Crippen LogP contribution in [0.5, 0.6) is 0 Å². The molecule has 0 spiro atoms. The van der Waals surface area contributed by atoms with Gasteiger partial charge < -0.3 is 50.0 Å². The second kappa shape index (κ2) is 7.01. The molecule has 2 saturated heterocycles. The Kier molecular flexibility index (Phi) is 5.72. The summed E-state index contributed by atoms with van der Waals surface area (Å²) in [5.74, 6) is 0. The Balaban J connectivity index is 2.08. The lowest BCUT2D eigenvalue weighted by molar-refractivity contribution is -0.351. The van der Waals surface area contributed by atoms with Crippen LogP contribution < -0.4 is 0 Å². The van der Waals surface area contributed by atoms with Crippen molar-refractivity contribution < 1.29 is 50.0 Å². The van der Waals surface area contributed by atoms with Crippen LogP contribution >= 0.6 is 0 Å². The predicted molar refractivity (Wildman–Crippen MR) is 67.2 cm³/mol. The first-order valence-corrected chi connectivity index (χ1v) is 6.93. The molecular formula is C12H22O10. The fourth-order valence-electron chi connectivity index (χ4n) is 2.54. The molecular weight excluding hydrogens is 304 g/mol. The van der Waals surface area contributed by atoms with Gasteiger partial charge in [-0.05, 0) is 6.92 Å². The Bertz CT molecular complexity index is 366. The zero-order valence-electron chi connectivity index (χ0n) is 11.8. The summed E-state index contributed by atoms with van der Waals surface area (Å²) in [6.45, 7) is 0.846. The molecule has 0 aromatic carbocycles. The van der Waals surface area contributed by atoms with Gasteiger partial charge in [0, 0.05) is 0 Å². The topological polar surface area (TPSA) is 169 Å². The minimum atomic E-state index is -1.64. The van der Waals surface area contributed by atoms with Crippen LogP contribution in [0.25, 0.3) is 0 Å². The van der Waals surface area contributed by atoms with E-state index in [0.717, 1.165) is 0 Å². The largest absolute Gasteiger partial charge is 0.394 e. The van der Waals surface area contributed by atoms with Crippen LogP contribution in [0.2, 0.25) is 0 Å². The summed E-state index contributed by atoms with van der Waals surface area (Å²) in [6, 6.07) is 0. The molecule has 7 N–H and O–H groups in total. The lowest BCUT2D eigenvalue weighted by atomic mass is 9.97. The van der Waals surface area contributed by atoms with Gasteiger partial charge in [0.05, 0.1) is 12.7 Å². The maximum Gasteiger partial charge on any atom is 0.187 e. The van der Waals surface area contributed by atoms with Crippen molar-refractivity contribution in [3.63, 3.8) is 0 Å². The normalized spacial score (nSPS) is 53.5. The smallest absolute Gasteiger partial charge is 0.187 e. The molecule has 0 aliphatic carbocycles. The number of aliphatic hydroxyl groups is 7. The van der Waals surface area contributed by atoms with Crippen molar-refractivity contribution in [3.8, 4) is 0 Å². The molecule has 0 amide bonds. The first-order valence-electron chi connectivity index (χ1n) is 6.93. The molecule has 10 atom stereocenters. The molecule has 2 aliphatic heterocycles. The maximum absolute atomic E-state index is 9.92. The monoisotopic (exact) mass is 326 g/mol. The van der Waals surface area contributed by atoms with E-state index in [0.29, 0.717) is 0 Å². The van der Waals surface area contributed by atoms with Crippen molar-refractivity contribution in [3.05, 3.63) is 0 Å². The molecule has 0 unspecified atom stereocenters. The van der Waals surface area contributed by atoms with Crippen LogP contribution in [0.15, 0.2) is 0 Å². The van der Waals surface area contributed by atoms with Crippen LogP contribution in [-0.4, -0.2) is 104 Å². The van der Waals surface area contributed by atoms with Gasteiger partial charge in [-0.2, -0.15) is 0 Å². The number of ether oxygens (including phenoxy) is 3. The zero-order valence-corrected chi connectivity index (χ0v) is 11.8. The summed E-state index contributed by atoms with van der Waals surface area (Å²) >= 11 is 0. The predicted octanol–water partition coefficient (Wildman–Crippen LogP) is -4.37. The van der Waals surface area contributed by atoms with Gasteiger partial charge in [0.1, 0.15) is 42.7 Å². The highest BCUT2D eigenvalue weighted by atomic mass is 16.7. The molecule has 130 valence electrons. The van der Waals surface area contributed by atoms with E-state index < -0.39 is 68.0 Å². The van der Waals surface area contributed by atoms with E-state index in [2.05, 4.69) is 0 Å². The molecule has 2 rings (SSSR count). The third-order valence-electron chi connectivity index (χ3n) is 3.94. The van der Waals surface area contributed by atoms with E-state index in [1.807, 2.05) is 0 Å². The molecule has 2 aliphatic rings. The van der Waals surface area contributed by atoms with E-state index in [1.54, 1.807) is 0 Å². The molecule has 22 heavy (non-hydrogen) atoms. The maximum atomic E-state index is 9.92. The Morgan fingerprint density at radius 3 is 2.05 bits per heavy atom. The van der Waals surface area contributed by atoms with Crippen LogP contribution in [0.3, 0.4) is 0 Å². The minimum Gasteiger partial charge on any atom is -0.394 e. The number of aliphatic hydroxyl groups excluding tert-OH is 7. The molecule has 0 aromatic rings. The van der Waals surface area contributed by atoms with Gasteiger partial charge in [-0.15, -0.1) is 0 Å². The third-order valence-corrected chi connectivity index (χ3v) is 3.94. The summed E-state index contributed by atoms with van der Waals surface area (Å²) in [5.41, 5.74) is 0. The molecule has 10 nitrogen and oxygen atoms in total. The van der Waals surface area contributed by atoms with Crippen LogP contribution in [0, 0.1) is 0 Å². The van der Waals surface area contributed by atoms with Crippen LogP contribution in [0.4, 0.5) is 0 Å². The molecule has 0 radical (unpaired) electrons. The first kappa shape index (κ1) is 17.9. The van der Waals surface area contributed by atoms with Crippen molar-refractivity contribution in [1.29, 1.82) is 0 Å². The van der Waals surface area contributed by atoms with Crippen molar-refractivity contribution in [2.24, 2.45) is 0 Å². The highest BCUT2D eigenvalue weighted by Crippen LogP contribution is 2.28. The van der Waals surface area contributed by atoms with Gasteiger partial charge in [-0.3, -0.25) is 0 Å². The SMILES string of the molecule is C[C@@H]1O[C@@H](O)[C@H](O)[C@H](O)[C@H]1O[C@H]1O[C@H](CO)[C@@H](O)[C@H](O)[C@@H]1O. The van der Waals surface area contributed by atoms with Gasteiger partial charge in [0.2, 0.25) is 0 Å². The van der Waals surface area contributed by atoms with Gasteiger partial charge >= 0.3 is 0 Å². The van der Waals surface area contributed by atoms with Crippen molar-refractivity contribution in [1.82, 2.24) is 0 Å². The van der Waals surface area contributed by atoms with Crippen molar-refractivity contribution in [2.45, 2.75) is 68.3 Å². The summed E-state index contributed by atoms with van der Waals surface area (Å²) in [5, 5.41) is 67.2. The lowest BCUT2D eigenvalue weighted by Crippen LogP contribution is -2.63. The summed E-state index contributed by atoms with van der Waals surface area (Å²) in [6.07, 6.45) is -14.2. The fraction of sp³-hybridized carbons (Fsp3) is 1.00. The van der Waals surface area contributed by atoms with Gasteiger partial charge in [-0.25, -0.2) is 0 Å². The van der Waals surface area contributed by atoms with E-state index in [9.17, 15) is 30.6 Å². The second-order valence-electron chi connectivity index (χ2n) is 5.51. The van der Waals surface area contributed by atoms with Crippen molar-refractivity contribution in [2.75, 3.05) is 6.61 Å². The van der Waals surface area contributed by atoms with Gasteiger partial charge in [-0.1, -0.05) is 0 Å². The van der Waals surface area contributed by atoms with Crippen LogP contribution in [-0.2, 0) is 14.2 Å². The fourth-order valence-corrected chi connectivity index (χ4v) is 2.54. The Labute approximate surface area is 126 Å². The average Bonchev–Trinajstić information content (AvgIpc) is 2.49. The standard InChI is InChI=1S/C12H22O10/c1-3-10(7(16)8(17)11(19)20-3)22-12-9(18)6(15)5(14)4(2-13)21-12/h3-19H,2H2,1H3/t3-,4+,5+,6-,7-,8+,9-,10-,11+,12+/m0/s1. The summed E-state index contributed by atoms with van der Waals surface area (Å²) < 4.78 is 15.5. The number of rotatable bonds is 3.